The number of nitrogens with one attached hydrogen (secondary N) is 1. The molecule has 134 valence electrons. The Labute approximate surface area is 153 Å². The zero-order valence-corrected chi connectivity index (χ0v) is 15.8. The molecule has 0 unspecified atom stereocenters. The normalized spacial score (nSPS) is 15.9. The average molecular weight is 359 g/mol. The fourth-order valence-electron chi connectivity index (χ4n) is 3.37. The quantitative estimate of drug-likeness (QED) is 0.821. The van der Waals surface area contributed by atoms with Gasteiger partial charge in [0.25, 0.3) is 5.91 Å². The monoisotopic (exact) mass is 358 g/mol. The number of ether oxygens (including phenoxy) is 1. The largest absolute Gasteiger partial charge is 0.484 e. The summed E-state index contributed by atoms with van der Waals surface area (Å²) >= 11 is 1.76. The molecular weight excluding hydrogens is 332 g/mol. The molecular formula is C20H26N2O2S. The van der Waals surface area contributed by atoms with Crippen LogP contribution in [0.5, 0.6) is 5.75 Å². The van der Waals surface area contributed by atoms with E-state index >= 15 is 0 Å². The van der Waals surface area contributed by atoms with E-state index in [0.717, 1.165) is 30.0 Å². The fourth-order valence-corrected chi connectivity index (χ4v) is 4.23. The lowest BCUT2D eigenvalue weighted by Gasteiger charge is -2.26. The van der Waals surface area contributed by atoms with Gasteiger partial charge in [0.15, 0.2) is 6.61 Å². The first-order valence-electron chi connectivity index (χ1n) is 8.87. The van der Waals surface area contributed by atoms with E-state index in [1.807, 2.05) is 26.0 Å². The van der Waals surface area contributed by atoms with Crippen molar-refractivity contribution in [1.29, 1.82) is 0 Å². The zero-order chi connectivity index (χ0) is 17.6. The number of benzene rings is 1. The predicted molar refractivity (Wildman–Crippen MR) is 102 cm³/mol. The maximum atomic E-state index is 12.2. The molecule has 2 aromatic rings. The van der Waals surface area contributed by atoms with Gasteiger partial charge in [-0.1, -0.05) is 12.1 Å². The van der Waals surface area contributed by atoms with E-state index in [1.165, 1.54) is 17.7 Å². The second-order valence-electron chi connectivity index (χ2n) is 6.69. The van der Waals surface area contributed by atoms with E-state index in [9.17, 15) is 4.79 Å². The molecule has 0 aliphatic carbocycles. The highest BCUT2D eigenvalue weighted by atomic mass is 32.1. The number of carbonyl (C=O) groups excluding carboxylic acids is 1. The van der Waals surface area contributed by atoms with Crippen LogP contribution in [-0.2, 0) is 4.79 Å². The summed E-state index contributed by atoms with van der Waals surface area (Å²) in [7, 11) is 0. The number of hydrogen-bond acceptors (Lipinski definition) is 4. The number of aryl methyl sites for hydroxylation is 2. The van der Waals surface area contributed by atoms with Gasteiger partial charge < -0.3 is 10.1 Å². The Kier molecular flexibility index (Phi) is 6.10. The van der Waals surface area contributed by atoms with E-state index < -0.39 is 0 Å². The van der Waals surface area contributed by atoms with Crippen LogP contribution in [0.1, 0.15) is 34.9 Å². The van der Waals surface area contributed by atoms with Gasteiger partial charge in [0.1, 0.15) is 5.75 Å². The molecule has 5 heteroatoms. The van der Waals surface area contributed by atoms with Crippen LogP contribution in [0, 0.1) is 13.8 Å². The Bertz CT molecular complexity index is 673. The second kappa shape index (κ2) is 8.50. The minimum Gasteiger partial charge on any atom is -0.484 e. The number of hydrogen-bond donors (Lipinski definition) is 1. The van der Waals surface area contributed by atoms with Gasteiger partial charge in [-0.15, -0.1) is 11.3 Å². The summed E-state index contributed by atoms with van der Waals surface area (Å²) in [4.78, 5) is 16.0. The molecule has 1 N–H and O–H groups in total. The molecule has 1 amide bonds. The van der Waals surface area contributed by atoms with Crippen LogP contribution in [0.4, 0.5) is 0 Å². The smallest absolute Gasteiger partial charge is 0.258 e. The molecule has 1 aromatic heterocycles. The third-order valence-corrected chi connectivity index (χ3v) is 5.48. The summed E-state index contributed by atoms with van der Waals surface area (Å²) in [5, 5.41) is 5.15. The zero-order valence-electron chi connectivity index (χ0n) is 15.0. The molecule has 3 rings (SSSR count). The van der Waals surface area contributed by atoms with Crippen molar-refractivity contribution in [1.82, 2.24) is 10.2 Å². The van der Waals surface area contributed by atoms with Crippen LogP contribution in [0.15, 0.2) is 35.7 Å². The van der Waals surface area contributed by atoms with Crippen molar-refractivity contribution in [2.45, 2.75) is 32.7 Å². The van der Waals surface area contributed by atoms with Crippen molar-refractivity contribution >= 4 is 17.2 Å². The standard InChI is InChI=1S/C20H26N2O2S/c1-15-10-16(2)12-17(11-15)24-14-20(23)21-13-18(19-6-5-9-25-19)22-7-3-4-8-22/h5-6,9-12,18H,3-4,7-8,13-14H2,1-2H3,(H,21,23)/t18-/m0/s1. The van der Waals surface area contributed by atoms with Crippen molar-refractivity contribution in [2.75, 3.05) is 26.2 Å². The Balaban J connectivity index is 1.52. The molecule has 4 nitrogen and oxygen atoms in total. The minimum absolute atomic E-state index is 0.0556. The van der Waals surface area contributed by atoms with E-state index in [4.69, 9.17) is 4.74 Å². The van der Waals surface area contributed by atoms with Gasteiger partial charge in [-0.3, -0.25) is 9.69 Å². The van der Waals surface area contributed by atoms with Crippen molar-refractivity contribution in [3.05, 3.63) is 51.7 Å². The summed E-state index contributed by atoms with van der Waals surface area (Å²) in [5.74, 6) is 0.682. The number of nitrogens with zero attached hydrogens (tertiary/aromatic N) is 1. The summed E-state index contributed by atoms with van der Waals surface area (Å²) in [5.41, 5.74) is 2.28. The van der Waals surface area contributed by atoms with E-state index in [-0.39, 0.29) is 18.6 Å². The molecule has 2 heterocycles. The molecule has 0 spiro atoms. The van der Waals surface area contributed by atoms with Gasteiger partial charge in [0, 0.05) is 11.4 Å². The Hall–Kier alpha value is -1.85. The molecule has 1 saturated heterocycles. The molecule has 0 radical (unpaired) electrons. The molecule has 1 fully saturated rings. The lowest BCUT2D eigenvalue weighted by molar-refractivity contribution is -0.123. The third-order valence-electron chi connectivity index (χ3n) is 4.51. The van der Waals surface area contributed by atoms with E-state index in [1.54, 1.807) is 11.3 Å². The molecule has 1 atom stereocenters. The highest BCUT2D eigenvalue weighted by Gasteiger charge is 2.24. The van der Waals surface area contributed by atoms with Gasteiger partial charge in [-0.25, -0.2) is 0 Å². The van der Waals surface area contributed by atoms with E-state index in [0.29, 0.717) is 6.54 Å². The first-order valence-corrected chi connectivity index (χ1v) is 9.75. The summed E-state index contributed by atoms with van der Waals surface area (Å²) in [6.07, 6.45) is 2.48. The molecule has 0 saturated carbocycles. The maximum Gasteiger partial charge on any atom is 0.258 e. The van der Waals surface area contributed by atoms with Crippen LogP contribution in [-0.4, -0.2) is 37.0 Å². The van der Waals surface area contributed by atoms with Crippen LogP contribution >= 0.6 is 11.3 Å². The number of thiophene rings is 1. The Morgan fingerprint density at radius 1 is 1.24 bits per heavy atom. The summed E-state index contributed by atoms with van der Waals surface area (Å²) in [6.45, 7) is 6.97. The highest BCUT2D eigenvalue weighted by molar-refractivity contribution is 7.10. The Morgan fingerprint density at radius 3 is 2.60 bits per heavy atom. The summed E-state index contributed by atoms with van der Waals surface area (Å²) < 4.78 is 5.65. The topological polar surface area (TPSA) is 41.6 Å². The van der Waals surface area contributed by atoms with Crippen molar-refractivity contribution in [2.24, 2.45) is 0 Å². The van der Waals surface area contributed by atoms with Gasteiger partial charge in [0.05, 0.1) is 6.04 Å². The van der Waals surface area contributed by atoms with Crippen LogP contribution in [0.25, 0.3) is 0 Å². The van der Waals surface area contributed by atoms with Crippen LogP contribution in [0.3, 0.4) is 0 Å². The number of rotatable bonds is 7. The fraction of sp³-hybridized carbons (Fsp3) is 0.450. The minimum atomic E-state index is -0.0695. The van der Waals surface area contributed by atoms with Gasteiger partial charge in [-0.2, -0.15) is 0 Å². The summed E-state index contributed by atoms with van der Waals surface area (Å²) in [6, 6.07) is 10.5. The predicted octanol–water partition coefficient (Wildman–Crippen LogP) is 3.70. The van der Waals surface area contributed by atoms with Crippen molar-refractivity contribution in [3.63, 3.8) is 0 Å². The molecule has 1 aliphatic rings. The van der Waals surface area contributed by atoms with Crippen LogP contribution < -0.4 is 10.1 Å². The van der Waals surface area contributed by atoms with Gasteiger partial charge in [0.2, 0.25) is 0 Å². The SMILES string of the molecule is Cc1cc(C)cc(OCC(=O)NC[C@@H](c2cccs2)N2CCCC2)c1. The number of carbonyl (C=O) groups is 1. The van der Waals surface area contributed by atoms with Crippen molar-refractivity contribution in [3.8, 4) is 5.75 Å². The van der Waals surface area contributed by atoms with Crippen molar-refractivity contribution < 1.29 is 9.53 Å². The highest BCUT2D eigenvalue weighted by Crippen LogP contribution is 2.27. The molecule has 25 heavy (non-hydrogen) atoms. The maximum absolute atomic E-state index is 12.2. The molecule has 0 bridgehead atoms. The lowest BCUT2D eigenvalue weighted by Crippen LogP contribution is -2.38. The third kappa shape index (κ3) is 5.06. The van der Waals surface area contributed by atoms with Crippen LogP contribution in [0.2, 0.25) is 0 Å². The van der Waals surface area contributed by atoms with Gasteiger partial charge >= 0.3 is 0 Å². The first kappa shape index (κ1) is 18.0. The molecule has 1 aliphatic heterocycles. The molecule has 1 aromatic carbocycles. The number of amides is 1. The van der Waals surface area contributed by atoms with E-state index in [2.05, 4.69) is 33.8 Å². The first-order chi connectivity index (χ1) is 12.1. The second-order valence-corrected chi connectivity index (χ2v) is 7.67. The lowest BCUT2D eigenvalue weighted by atomic mass is 10.1. The average Bonchev–Trinajstić information content (AvgIpc) is 3.26. The Morgan fingerprint density at radius 2 is 1.96 bits per heavy atom. The number of likely N-dealkylation sites (tertiary alicyclic amines) is 1. The van der Waals surface area contributed by atoms with Gasteiger partial charge in [-0.05, 0) is 74.5 Å².